The molecule has 2 rings (SSSR count). The number of nitrogens with zero attached hydrogens (tertiary/aromatic N) is 1. The molecule has 1 N–H and O–H groups in total. The van der Waals surface area contributed by atoms with E-state index in [-0.39, 0.29) is 23.7 Å². The van der Waals surface area contributed by atoms with Crippen molar-refractivity contribution in [2.45, 2.75) is 71.4 Å². The lowest BCUT2D eigenvalue weighted by molar-refractivity contribution is -0.129. The molecule has 0 bridgehead atoms. The van der Waals surface area contributed by atoms with E-state index in [0.29, 0.717) is 12.6 Å². The predicted octanol–water partition coefficient (Wildman–Crippen LogP) is 2.37. The van der Waals surface area contributed by atoms with Gasteiger partial charge in [-0.2, -0.15) is 0 Å². The van der Waals surface area contributed by atoms with E-state index in [0.717, 1.165) is 12.5 Å². The molecular weight excluding hydrogens is 264 g/mol. The Morgan fingerprint density at radius 1 is 1.14 bits per heavy atom. The summed E-state index contributed by atoms with van der Waals surface area (Å²) in [5, 5.41) is 2.93. The van der Waals surface area contributed by atoms with E-state index >= 15 is 0 Å². The highest BCUT2D eigenvalue weighted by Gasteiger charge is 2.34. The predicted molar refractivity (Wildman–Crippen MR) is 84.0 cm³/mol. The fraction of sp³-hybridized carbons (Fsp3) is 0.882. The summed E-state index contributed by atoms with van der Waals surface area (Å²) < 4.78 is 0. The van der Waals surface area contributed by atoms with E-state index in [1.807, 2.05) is 13.8 Å². The first-order chi connectivity index (χ1) is 9.99. The van der Waals surface area contributed by atoms with Crippen molar-refractivity contribution in [3.63, 3.8) is 0 Å². The van der Waals surface area contributed by atoms with E-state index in [2.05, 4.69) is 10.2 Å². The van der Waals surface area contributed by atoms with Crippen LogP contribution in [0.25, 0.3) is 0 Å². The van der Waals surface area contributed by atoms with Gasteiger partial charge >= 0.3 is 0 Å². The molecule has 0 spiro atoms. The number of hydrogen-bond donors (Lipinski definition) is 1. The average molecular weight is 294 g/mol. The minimum atomic E-state index is -0.343. The maximum Gasteiger partial charge on any atom is 0.234 e. The lowest BCUT2D eigenvalue weighted by atomic mass is 9.78. The van der Waals surface area contributed by atoms with Crippen LogP contribution in [-0.4, -0.2) is 41.8 Å². The van der Waals surface area contributed by atoms with Crippen molar-refractivity contribution in [2.75, 3.05) is 13.1 Å². The minimum Gasteiger partial charge on any atom is -0.345 e. The van der Waals surface area contributed by atoms with Gasteiger partial charge in [-0.25, -0.2) is 0 Å². The van der Waals surface area contributed by atoms with Crippen LogP contribution < -0.4 is 5.32 Å². The maximum atomic E-state index is 12.3. The Bertz CT molecular complexity index is 379. The number of piperidine rings is 1. The van der Waals surface area contributed by atoms with Gasteiger partial charge in [0.15, 0.2) is 5.78 Å². The van der Waals surface area contributed by atoms with Gasteiger partial charge in [0.2, 0.25) is 5.91 Å². The van der Waals surface area contributed by atoms with Crippen LogP contribution in [0.5, 0.6) is 0 Å². The first kappa shape index (κ1) is 16.5. The van der Waals surface area contributed by atoms with E-state index in [4.69, 9.17) is 0 Å². The molecule has 1 aliphatic carbocycles. The standard InChI is InChI=1S/C17H30N2O2/c1-12(2)17(13(3)20)18-16(21)11-19-10-6-8-14-7-4-5-9-15(14)19/h12,14-15,17H,4-11H2,1-3H3,(H,18,21). The molecule has 0 aromatic rings. The number of carbonyl (C=O) groups excluding carboxylic acids is 2. The van der Waals surface area contributed by atoms with Gasteiger partial charge in [-0.3, -0.25) is 14.5 Å². The summed E-state index contributed by atoms with van der Waals surface area (Å²) in [5.74, 6) is 0.992. The molecule has 120 valence electrons. The number of ketones is 1. The molecule has 1 amide bonds. The Kier molecular flexibility index (Phi) is 5.80. The van der Waals surface area contributed by atoms with Crippen molar-refractivity contribution in [1.29, 1.82) is 0 Å². The smallest absolute Gasteiger partial charge is 0.234 e. The molecule has 2 fully saturated rings. The molecule has 3 unspecified atom stereocenters. The third kappa shape index (κ3) is 4.29. The molecule has 0 aromatic carbocycles. The molecule has 4 nitrogen and oxygen atoms in total. The van der Waals surface area contributed by atoms with Crippen LogP contribution in [0.3, 0.4) is 0 Å². The molecule has 2 aliphatic rings. The highest BCUT2D eigenvalue weighted by molar-refractivity contribution is 5.88. The maximum absolute atomic E-state index is 12.3. The number of nitrogens with one attached hydrogen (secondary N) is 1. The highest BCUT2D eigenvalue weighted by atomic mass is 16.2. The molecule has 3 atom stereocenters. The topological polar surface area (TPSA) is 49.4 Å². The summed E-state index contributed by atoms with van der Waals surface area (Å²) in [4.78, 5) is 26.3. The van der Waals surface area contributed by atoms with Gasteiger partial charge in [0.1, 0.15) is 0 Å². The number of likely N-dealkylation sites (tertiary alicyclic amines) is 1. The van der Waals surface area contributed by atoms with Crippen LogP contribution in [0.15, 0.2) is 0 Å². The van der Waals surface area contributed by atoms with Crippen molar-refractivity contribution in [1.82, 2.24) is 10.2 Å². The number of amides is 1. The molecule has 1 heterocycles. The number of Topliss-reactive ketones (excluding diaryl/α,β-unsaturated/α-hetero) is 1. The van der Waals surface area contributed by atoms with Crippen molar-refractivity contribution in [3.05, 3.63) is 0 Å². The molecule has 4 heteroatoms. The largest absolute Gasteiger partial charge is 0.345 e. The second kappa shape index (κ2) is 7.39. The van der Waals surface area contributed by atoms with Crippen molar-refractivity contribution in [3.8, 4) is 0 Å². The lowest BCUT2D eigenvalue weighted by Crippen LogP contribution is -2.53. The zero-order valence-corrected chi connectivity index (χ0v) is 13.7. The van der Waals surface area contributed by atoms with Crippen molar-refractivity contribution >= 4 is 11.7 Å². The molecular formula is C17H30N2O2. The Morgan fingerprint density at radius 3 is 2.48 bits per heavy atom. The van der Waals surface area contributed by atoms with Crippen LogP contribution in [0.2, 0.25) is 0 Å². The Balaban J connectivity index is 1.90. The van der Waals surface area contributed by atoms with Gasteiger partial charge < -0.3 is 5.32 Å². The lowest BCUT2D eigenvalue weighted by Gasteiger charge is -2.44. The summed E-state index contributed by atoms with van der Waals surface area (Å²) in [5.41, 5.74) is 0. The fourth-order valence-corrected chi connectivity index (χ4v) is 4.07. The second-order valence-electron chi connectivity index (χ2n) is 7.12. The molecule has 21 heavy (non-hydrogen) atoms. The summed E-state index contributed by atoms with van der Waals surface area (Å²) in [7, 11) is 0. The van der Waals surface area contributed by atoms with Crippen LogP contribution in [0.4, 0.5) is 0 Å². The van der Waals surface area contributed by atoms with Crippen LogP contribution in [0.1, 0.15) is 59.3 Å². The average Bonchev–Trinajstić information content (AvgIpc) is 2.44. The number of fused-ring (bicyclic) bond motifs is 1. The Morgan fingerprint density at radius 2 is 1.81 bits per heavy atom. The van der Waals surface area contributed by atoms with Crippen LogP contribution in [-0.2, 0) is 9.59 Å². The van der Waals surface area contributed by atoms with E-state index < -0.39 is 0 Å². The first-order valence-electron chi connectivity index (χ1n) is 8.53. The molecule has 1 aliphatic heterocycles. The van der Waals surface area contributed by atoms with E-state index in [1.54, 1.807) is 6.92 Å². The third-order valence-corrected chi connectivity index (χ3v) is 5.13. The van der Waals surface area contributed by atoms with Crippen molar-refractivity contribution in [2.24, 2.45) is 11.8 Å². The summed E-state index contributed by atoms with van der Waals surface area (Å²) in [6.07, 6.45) is 7.73. The monoisotopic (exact) mass is 294 g/mol. The van der Waals surface area contributed by atoms with E-state index in [1.165, 1.54) is 38.5 Å². The fourth-order valence-electron chi connectivity index (χ4n) is 4.07. The first-order valence-corrected chi connectivity index (χ1v) is 8.53. The Labute approximate surface area is 128 Å². The van der Waals surface area contributed by atoms with Gasteiger partial charge in [-0.15, -0.1) is 0 Å². The van der Waals surface area contributed by atoms with Gasteiger partial charge in [0.05, 0.1) is 12.6 Å². The van der Waals surface area contributed by atoms with E-state index in [9.17, 15) is 9.59 Å². The zero-order valence-electron chi connectivity index (χ0n) is 13.7. The highest BCUT2D eigenvalue weighted by Crippen LogP contribution is 2.34. The number of carbonyl (C=O) groups is 2. The second-order valence-corrected chi connectivity index (χ2v) is 7.12. The van der Waals surface area contributed by atoms with Gasteiger partial charge in [-0.05, 0) is 51.0 Å². The summed E-state index contributed by atoms with van der Waals surface area (Å²) >= 11 is 0. The number of rotatable bonds is 5. The van der Waals surface area contributed by atoms with Gasteiger partial charge in [0.25, 0.3) is 0 Å². The zero-order chi connectivity index (χ0) is 15.4. The molecule has 1 saturated carbocycles. The SMILES string of the molecule is CC(=O)C(NC(=O)CN1CCCC2CCCCC21)C(C)C. The van der Waals surface area contributed by atoms with Gasteiger partial charge in [-0.1, -0.05) is 26.7 Å². The molecule has 1 saturated heterocycles. The molecule has 0 radical (unpaired) electrons. The van der Waals surface area contributed by atoms with Crippen molar-refractivity contribution < 1.29 is 9.59 Å². The van der Waals surface area contributed by atoms with Gasteiger partial charge in [0, 0.05) is 6.04 Å². The summed E-state index contributed by atoms with van der Waals surface area (Å²) in [6.45, 7) is 7.00. The van der Waals surface area contributed by atoms with Crippen LogP contribution >= 0.6 is 0 Å². The van der Waals surface area contributed by atoms with Crippen LogP contribution in [0, 0.1) is 11.8 Å². The Hall–Kier alpha value is -0.900. The molecule has 0 aromatic heterocycles. The quantitative estimate of drug-likeness (QED) is 0.847. The minimum absolute atomic E-state index is 0.00937. The normalized spacial score (nSPS) is 28.0. The number of hydrogen-bond acceptors (Lipinski definition) is 3. The summed E-state index contributed by atoms with van der Waals surface area (Å²) in [6, 6.07) is 0.248. The third-order valence-electron chi connectivity index (χ3n) is 5.13.